The number of anilines is 1. The number of rotatable bonds is 3. The van der Waals surface area contributed by atoms with Crippen LogP contribution in [0.4, 0.5) is 5.69 Å². The van der Waals surface area contributed by atoms with Crippen LogP contribution in [-0.2, 0) is 12.8 Å². The van der Waals surface area contributed by atoms with Gasteiger partial charge in [0.25, 0.3) is 0 Å². The lowest BCUT2D eigenvalue weighted by molar-refractivity contribution is 0.313. The summed E-state index contributed by atoms with van der Waals surface area (Å²) in [5.74, 6) is 1.38. The molecule has 1 aromatic heterocycles. The number of nitriles is 1. The highest BCUT2D eigenvalue weighted by Gasteiger charge is 2.27. The molecule has 2 aliphatic rings. The van der Waals surface area contributed by atoms with Gasteiger partial charge in [0, 0.05) is 35.7 Å². The molecule has 1 aliphatic heterocycles. The average molecular weight is 385 g/mol. The van der Waals surface area contributed by atoms with E-state index in [1.807, 2.05) is 0 Å². The minimum absolute atomic E-state index is 0.219. The number of nitrogens with one attached hydrogen (secondary N) is 1. The van der Waals surface area contributed by atoms with Crippen LogP contribution in [0.3, 0.4) is 0 Å². The number of benzene rings is 2. The van der Waals surface area contributed by atoms with Gasteiger partial charge in [0.1, 0.15) is 5.82 Å². The minimum Gasteiger partial charge on any atom is -0.382 e. The van der Waals surface area contributed by atoms with Crippen molar-refractivity contribution < 1.29 is 0 Å². The topological polar surface area (TPSA) is 53.6 Å². The first kappa shape index (κ1) is 18.2. The van der Waals surface area contributed by atoms with E-state index in [9.17, 15) is 5.26 Å². The molecular weight excluding hydrogens is 356 g/mol. The molecule has 0 radical (unpaired) electrons. The summed E-state index contributed by atoms with van der Waals surface area (Å²) in [6.45, 7) is 2.25. The molecule has 1 saturated carbocycles. The Kier molecular flexibility index (Phi) is 4.75. The summed E-state index contributed by atoms with van der Waals surface area (Å²) in [7, 11) is 0. The van der Waals surface area contributed by atoms with Crippen molar-refractivity contribution >= 4 is 16.7 Å². The van der Waals surface area contributed by atoms with Gasteiger partial charge in [0.15, 0.2) is 0 Å². The van der Waals surface area contributed by atoms with Crippen LogP contribution in [0, 0.1) is 17.2 Å². The first-order chi connectivity index (χ1) is 14.2. The van der Waals surface area contributed by atoms with E-state index in [4.69, 9.17) is 4.98 Å². The second kappa shape index (κ2) is 7.55. The minimum atomic E-state index is 0.219. The second-order valence-electron chi connectivity index (χ2n) is 8.74. The number of aryl methyl sites for hydroxylation is 1. The maximum Gasteiger partial charge on any atom is 0.114 e. The highest BCUT2D eigenvalue weighted by Crippen LogP contribution is 2.38. The van der Waals surface area contributed by atoms with E-state index in [0.717, 1.165) is 44.9 Å². The number of imidazole rings is 1. The lowest BCUT2D eigenvalue weighted by Crippen LogP contribution is -2.22. The monoisotopic (exact) mass is 384 g/mol. The highest BCUT2D eigenvalue weighted by molar-refractivity contribution is 5.86. The lowest BCUT2D eigenvalue weighted by atomic mass is 9.86. The van der Waals surface area contributed by atoms with Gasteiger partial charge in [0.05, 0.1) is 17.1 Å². The van der Waals surface area contributed by atoms with Crippen molar-refractivity contribution in [3.05, 3.63) is 59.4 Å². The van der Waals surface area contributed by atoms with Gasteiger partial charge in [-0.3, -0.25) is 0 Å². The molecular formula is C25H28N4. The molecule has 1 aliphatic carbocycles. The quantitative estimate of drug-likeness (QED) is 0.637. The van der Waals surface area contributed by atoms with Crippen LogP contribution < -0.4 is 5.32 Å². The molecule has 2 heterocycles. The van der Waals surface area contributed by atoms with Gasteiger partial charge >= 0.3 is 0 Å². The molecule has 3 aromatic rings. The van der Waals surface area contributed by atoms with Crippen molar-refractivity contribution in [1.82, 2.24) is 9.55 Å². The zero-order valence-electron chi connectivity index (χ0n) is 17.1. The molecule has 1 fully saturated rings. The molecule has 0 unspecified atom stereocenters. The number of hydrogen-bond acceptors (Lipinski definition) is 3. The van der Waals surface area contributed by atoms with Gasteiger partial charge in [-0.05, 0) is 63.1 Å². The Balaban J connectivity index is 1.60. The van der Waals surface area contributed by atoms with Gasteiger partial charge < -0.3 is 9.88 Å². The molecule has 4 nitrogen and oxygen atoms in total. The van der Waals surface area contributed by atoms with Crippen LogP contribution >= 0.6 is 0 Å². The predicted octanol–water partition coefficient (Wildman–Crippen LogP) is 5.63. The second-order valence-corrected chi connectivity index (χ2v) is 8.74. The van der Waals surface area contributed by atoms with Gasteiger partial charge in [-0.25, -0.2) is 4.98 Å². The fraction of sp³-hybridized carbons (Fsp3) is 0.440. The van der Waals surface area contributed by atoms with Crippen molar-refractivity contribution in [2.24, 2.45) is 5.92 Å². The Morgan fingerprint density at radius 1 is 1.07 bits per heavy atom. The maximum atomic E-state index is 9.31. The third-order valence-corrected chi connectivity index (χ3v) is 6.72. The van der Waals surface area contributed by atoms with E-state index < -0.39 is 0 Å². The van der Waals surface area contributed by atoms with Crippen LogP contribution in [0.2, 0.25) is 0 Å². The molecule has 1 atom stereocenters. The molecule has 5 rings (SSSR count). The Labute approximate surface area is 172 Å². The van der Waals surface area contributed by atoms with E-state index in [0.29, 0.717) is 12.1 Å². The van der Waals surface area contributed by atoms with E-state index in [1.54, 1.807) is 0 Å². The molecule has 0 spiro atoms. The first-order valence-corrected chi connectivity index (χ1v) is 11.0. The van der Waals surface area contributed by atoms with E-state index in [1.165, 1.54) is 33.7 Å². The van der Waals surface area contributed by atoms with Gasteiger partial charge in [-0.1, -0.05) is 30.3 Å². The van der Waals surface area contributed by atoms with Gasteiger partial charge in [-0.15, -0.1) is 0 Å². The van der Waals surface area contributed by atoms with Crippen molar-refractivity contribution in [2.45, 2.75) is 64.0 Å². The fourth-order valence-electron chi connectivity index (χ4n) is 5.13. The molecule has 0 saturated heterocycles. The standard InChI is InChI=1S/C25H28N4/c1-17-7-12-21-22(27-17)13-14-23-25(21)28-24(15-18-5-3-2-4-6-18)29(23)20-10-8-19(16-26)9-11-20/h2-6,13-14,17,19-20,27H,7-12,15H2,1H3/t17-,19-,20-/m0/s1. The Hall–Kier alpha value is -2.80. The van der Waals surface area contributed by atoms with Crippen LogP contribution in [0.15, 0.2) is 42.5 Å². The Bertz CT molecular complexity index is 1050. The van der Waals surface area contributed by atoms with Crippen molar-refractivity contribution in [2.75, 3.05) is 5.32 Å². The summed E-state index contributed by atoms with van der Waals surface area (Å²) in [6.07, 6.45) is 7.22. The molecule has 4 heteroatoms. The predicted molar refractivity (Wildman–Crippen MR) is 117 cm³/mol. The number of aromatic nitrogens is 2. The van der Waals surface area contributed by atoms with Gasteiger partial charge in [0.2, 0.25) is 0 Å². The summed E-state index contributed by atoms with van der Waals surface area (Å²) in [5.41, 5.74) is 6.37. The summed E-state index contributed by atoms with van der Waals surface area (Å²) >= 11 is 0. The number of fused-ring (bicyclic) bond motifs is 3. The van der Waals surface area contributed by atoms with Crippen molar-refractivity contribution in [3.63, 3.8) is 0 Å². The Morgan fingerprint density at radius 2 is 1.86 bits per heavy atom. The normalized spacial score (nSPS) is 23.9. The highest BCUT2D eigenvalue weighted by atomic mass is 15.1. The molecule has 29 heavy (non-hydrogen) atoms. The summed E-state index contributed by atoms with van der Waals surface area (Å²) in [4.78, 5) is 5.22. The lowest BCUT2D eigenvalue weighted by Gasteiger charge is -2.28. The third-order valence-electron chi connectivity index (χ3n) is 6.72. The molecule has 2 aromatic carbocycles. The van der Waals surface area contributed by atoms with Gasteiger partial charge in [-0.2, -0.15) is 5.26 Å². The van der Waals surface area contributed by atoms with Crippen LogP contribution in [0.5, 0.6) is 0 Å². The van der Waals surface area contributed by atoms with Crippen molar-refractivity contribution in [3.8, 4) is 6.07 Å². The zero-order valence-corrected chi connectivity index (χ0v) is 17.1. The van der Waals surface area contributed by atoms with Crippen LogP contribution in [0.1, 0.15) is 62.0 Å². The zero-order chi connectivity index (χ0) is 19.8. The molecule has 0 bridgehead atoms. The van der Waals surface area contributed by atoms with E-state index in [2.05, 4.69) is 65.3 Å². The summed E-state index contributed by atoms with van der Waals surface area (Å²) in [6, 6.07) is 18.6. The fourth-order valence-corrected chi connectivity index (χ4v) is 5.13. The van der Waals surface area contributed by atoms with Crippen LogP contribution in [-0.4, -0.2) is 15.6 Å². The third kappa shape index (κ3) is 3.40. The number of nitrogens with zero attached hydrogens (tertiary/aromatic N) is 3. The molecule has 0 amide bonds. The largest absolute Gasteiger partial charge is 0.382 e. The Morgan fingerprint density at radius 3 is 2.62 bits per heavy atom. The molecule has 1 N–H and O–H groups in total. The van der Waals surface area contributed by atoms with E-state index >= 15 is 0 Å². The average Bonchev–Trinajstić information content (AvgIpc) is 3.12. The molecule has 148 valence electrons. The SMILES string of the molecule is C[C@H]1CCc2c(ccc3c2nc(Cc2ccccc2)n3[C@H]2CC[C@H](C#N)CC2)N1. The van der Waals surface area contributed by atoms with Crippen molar-refractivity contribution in [1.29, 1.82) is 5.26 Å². The first-order valence-electron chi connectivity index (χ1n) is 11.0. The number of hydrogen-bond donors (Lipinski definition) is 1. The van der Waals surface area contributed by atoms with E-state index in [-0.39, 0.29) is 5.92 Å². The smallest absolute Gasteiger partial charge is 0.114 e. The van der Waals surface area contributed by atoms with Crippen LogP contribution in [0.25, 0.3) is 11.0 Å². The summed E-state index contributed by atoms with van der Waals surface area (Å²) < 4.78 is 2.51. The summed E-state index contributed by atoms with van der Waals surface area (Å²) in [5, 5.41) is 12.9. The maximum absolute atomic E-state index is 9.31.